The smallest absolute Gasteiger partial charge is 0.269 e. The highest BCUT2D eigenvalue weighted by Crippen LogP contribution is 2.20. The van der Waals surface area contributed by atoms with Gasteiger partial charge in [0.15, 0.2) is 5.78 Å². The molecule has 0 N–H and O–H groups in total. The number of thiazole rings is 1. The molecule has 0 aliphatic heterocycles. The maximum atomic E-state index is 12.8. The fraction of sp³-hybridized carbons (Fsp3) is 0.381. The van der Waals surface area contributed by atoms with Gasteiger partial charge in [0.05, 0.1) is 11.6 Å². The second-order valence-electron chi connectivity index (χ2n) is 7.26. The maximum absolute atomic E-state index is 12.8. The van der Waals surface area contributed by atoms with E-state index in [1.165, 1.54) is 15.9 Å². The zero-order valence-corrected chi connectivity index (χ0v) is 17.4. The first kappa shape index (κ1) is 20.7. The molecule has 0 aliphatic carbocycles. The molecule has 5 nitrogen and oxygen atoms in total. The van der Waals surface area contributed by atoms with Gasteiger partial charge in [-0.25, -0.2) is 0 Å². The molecule has 0 atom stereocenters. The summed E-state index contributed by atoms with van der Waals surface area (Å²) in [5.41, 5.74) is 0.978. The van der Waals surface area contributed by atoms with Crippen LogP contribution in [-0.4, -0.2) is 17.5 Å². The van der Waals surface area contributed by atoms with Crippen molar-refractivity contribution in [2.24, 2.45) is 5.41 Å². The number of carbonyl (C=O) groups is 1. The van der Waals surface area contributed by atoms with Crippen LogP contribution < -0.4 is 19.5 Å². The minimum atomic E-state index is -0.694. The Morgan fingerprint density at radius 2 is 2.04 bits per heavy atom. The lowest BCUT2D eigenvalue weighted by Gasteiger charge is -2.15. The number of ether oxygens (including phenoxy) is 1. The first-order valence-corrected chi connectivity index (χ1v) is 9.50. The molecule has 0 aliphatic rings. The highest BCUT2D eigenvalue weighted by atomic mass is 32.1. The van der Waals surface area contributed by atoms with Crippen LogP contribution in [0.15, 0.2) is 23.0 Å². The van der Waals surface area contributed by atoms with Crippen molar-refractivity contribution in [1.82, 2.24) is 4.57 Å². The van der Waals surface area contributed by atoms with Crippen molar-refractivity contribution < 1.29 is 9.53 Å². The van der Waals surface area contributed by atoms with Gasteiger partial charge in [-0.15, -0.1) is 11.3 Å². The lowest BCUT2D eigenvalue weighted by atomic mass is 9.87. The minimum absolute atomic E-state index is 0.0389. The Labute approximate surface area is 162 Å². The lowest BCUT2D eigenvalue weighted by molar-refractivity contribution is -0.120. The van der Waals surface area contributed by atoms with Gasteiger partial charge in [-0.2, -0.15) is 5.26 Å². The first-order valence-electron chi connectivity index (χ1n) is 8.69. The Balaban J connectivity index is 2.79. The Bertz CT molecular complexity index is 1090. The Kier molecular flexibility index (Phi) is 6.07. The van der Waals surface area contributed by atoms with Crippen molar-refractivity contribution in [3.63, 3.8) is 0 Å². The van der Waals surface area contributed by atoms with E-state index in [2.05, 4.69) is 0 Å². The molecule has 0 amide bonds. The SMILES string of the molecule is CCn1c(=C(C#N)C(=O)C(C)(C)C)sc(=Cc2ccc(OC)c(C)c2)c1=O. The van der Waals surface area contributed by atoms with Gasteiger partial charge >= 0.3 is 0 Å². The third-order valence-corrected chi connectivity index (χ3v) is 5.30. The highest BCUT2D eigenvalue weighted by molar-refractivity contribution is 7.07. The van der Waals surface area contributed by atoms with Gasteiger partial charge in [0.25, 0.3) is 5.56 Å². The van der Waals surface area contributed by atoms with Crippen molar-refractivity contribution in [1.29, 1.82) is 5.26 Å². The van der Waals surface area contributed by atoms with Crippen LogP contribution in [0.1, 0.15) is 38.8 Å². The van der Waals surface area contributed by atoms with Crippen LogP contribution >= 0.6 is 11.3 Å². The molecular formula is C21H24N2O3S. The van der Waals surface area contributed by atoms with Crippen LogP contribution in [0.2, 0.25) is 0 Å². The first-order chi connectivity index (χ1) is 12.6. The Morgan fingerprint density at radius 3 is 2.52 bits per heavy atom. The molecule has 27 heavy (non-hydrogen) atoms. The van der Waals surface area contributed by atoms with E-state index in [0.29, 0.717) is 15.7 Å². The average molecular weight is 385 g/mol. The fourth-order valence-corrected chi connectivity index (χ4v) is 3.87. The number of aryl methyl sites for hydroxylation is 1. The van der Waals surface area contributed by atoms with Gasteiger partial charge in [-0.3, -0.25) is 14.2 Å². The molecule has 0 fully saturated rings. The summed E-state index contributed by atoms with van der Waals surface area (Å²) in [5.74, 6) is 0.515. The second-order valence-corrected chi connectivity index (χ2v) is 8.29. The molecule has 0 unspecified atom stereocenters. The number of methoxy groups -OCH3 is 1. The Morgan fingerprint density at radius 1 is 1.37 bits per heavy atom. The van der Waals surface area contributed by atoms with Crippen molar-refractivity contribution in [3.8, 4) is 11.8 Å². The van der Waals surface area contributed by atoms with Crippen molar-refractivity contribution in [2.45, 2.75) is 41.2 Å². The number of hydrogen-bond acceptors (Lipinski definition) is 5. The van der Waals surface area contributed by atoms with Crippen LogP contribution in [0.3, 0.4) is 0 Å². The van der Waals surface area contributed by atoms with Gasteiger partial charge < -0.3 is 4.74 Å². The predicted molar refractivity (Wildman–Crippen MR) is 108 cm³/mol. The quantitative estimate of drug-likeness (QED) is 0.811. The molecular weight excluding hydrogens is 360 g/mol. The van der Waals surface area contributed by atoms with Crippen molar-refractivity contribution >= 4 is 28.8 Å². The van der Waals surface area contributed by atoms with E-state index in [1.54, 1.807) is 34.0 Å². The number of rotatable bonds is 4. The number of carbonyl (C=O) groups excluding carboxylic acids is 1. The van der Waals surface area contributed by atoms with E-state index in [0.717, 1.165) is 16.9 Å². The Hall–Kier alpha value is -2.65. The summed E-state index contributed by atoms with van der Waals surface area (Å²) in [6, 6.07) is 7.67. The molecule has 2 aromatic rings. The van der Waals surface area contributed by atoms with Crippen molar-refractivity contribution in [2.75, 3.05) is 7.11 Å². The van der Waals surface area contributed by atoms with Crippen LogP contribution in [0.4, 0.5) is 0 Å². The number of Topliss-reactive ketones (excluding diaryl/α,β-unsaturated/α-hetero) is 1. The summed E-state index contributed by atoms with van der Waals surface area (Å²) >= 11 is 1.18. The van der Waals surface area contributed by atoms with Gasteiger partial charge in [-0.05, 0) is 43.2 Å². The summed E-state index contributed by atoms with van der Waals surface area (Å²) in [4.78, 5) is 25.5. The molecule has 1 heterocycles. The highest BCUT2D eigenvalue weighted by Gasteiger charge is 2.27. The summed E-state index contributed by atoms with van der Waals surface area (Å²) in [6.45, 7) is 9.45. The summed E-state index contributed by atoms with van der Waals surface area (Å²) in [5, 5.41) is 9.58. The number of nitriles is 1. The van der Waals surface area contributed by atoms with E-state index < -0.39 is 5.41 Å². The fourth-order valence-electron chi connectivity index (χ4n) is 2.71. The number of aromatic nitrogens is 1. The van der Waals surface area contributed by atoms with E-state index >= 15 is 0 Å². The third-order valence-electron chi connectivity index (χ3n) is 4.17. The molecule has 0 saturated carbocycles. The van der Waals surface area contributed by atoms with Crippen LogP contribution in [0.25, 0.3) is 11.6 Å². The largest absolute Gasteiger partial charge is 0.496 e. The van der Waals surface area contributed by atoms with Gasteiger partial charge in [-0.1, -0.05) is 26.8 Å². The minimum Gasteiger partial charge on any atom is -0.496 e. The average Bonchev–Trinajstić information content (AvgIpc) is 2.90. The van der Waals surface area contributed by atoms with E-state index in [-0.39, 0.29) is 16.9 Å². The van der Waals surface area contributed by atoms with Gasteiger partial charge in [0.1, 0.15) is 22.1 Å². The summed E-state index contributed by atoms with van der Waals surface area (Å²) in [6.07, 6.45) is 1.78. The number of nitrogens with zero attached hydrogens (tertiary/aromatic N) is 2. The summed E-state index contributed by atoms with van der Waals surface area (Å²) in [7, 11) is 1.61. The van der Waals surface area contributed by atoms with E-state index in [4.69, 9.17) is 4.74 Å². The van der Waals surface area contributed by atoms with Gasteiger partial charge in [0, 0.05) is 12.0 Å². The number of benzene rings is 1. The maximum Gasteiger partial charge on any atom is 0.269 e. The molecule has 0 bridgehead atoms. The van der Waals surface area contributed by atoms with Crippen molar-refractivity contribution in [3.05, 3.63) is 48.9 Å². The van der Waals surface area contributed by atoms with E-state index in [1.807, 2.05) is 38.1 Å². The molecule has 142 valence electrons. The van der Waals surface area contributed by atoms with Crippen LogP contribution in [0.5, 0.6) is 5.75 Å². The zero-order valence-electron chi connectivity index (χ0n) is 16.5. The molecule has 0 spiro atoms. The number of ketones is 1. The number of hydrogen-bond donors (Lipinski definition) is 0. The normalized spacial score (nSPS) is 13.3. The molecule has 6 heteroatoms. The summed E-state index contributed by atoms with van der Waals surface area (Å²) < 4.78 is 7.67. The molecule has 0 saturated heterocycles. The van der Waals surface area contributed by atoms with Gasteiger partial charge in [0.2, 0.25) is 0 Å². The zero-order chi connectivity index (χ0) is 20.4. The molecule has 0 radical (unpaired) electrons. The monoisotopic (exact) mass is 384 g/mol. The second kappa shape index (κ2) is 7.93. The molecule has 1 aromatic carbocycles. The molecule has 1 aromatic heterocycles. The standard InChI is InChI=1S/C21H24N2O3S/c1-7-23-19(25)17(11-14-8-9-16(26-6)13(2)10-14)27-20(23)15(12-22)18(24)21(3,4)5/h8-11H,7H2,1-6H3. The lowest BCUT2D eigenvalue weighted by Crippen LogP contribution is -2.33. The van der Waals surface area contributed by atoms with E-state index in [9.17, 15) is 14.9 Å². The van der Waals surface area contributed by atoms with Crippen LogP contribution in [-0.2, 0) is 11.3 Å². The predicted octanol–water partition coefficient (Wildman–Crippen LogP) is 2.37. The van der Waals surface area contributed by atoms with Crippen LogP contribution in [0, 0.1) is 23.7 Å². The molecule has 2 rings (SSSR count). The topological polar surface area (TPSA) is 72.1 Å². The third kappa shape index (κ3) is 4.20.